The number of halogens is 2. The SMILES string of the molecule is O=C1Nc2cc(Cl)ccc2/C1=C\c1ccc(OCCOc2ccccc2Cl)cc1. The standard InChI is InChI=1S/C23H17Cl2NO3/c24-16-7-10-18-19(23(27)26-21(18)14-16)13-15-5-8-17(9-6-15)28-11-12-29-22-4-2-1-3-20(22)25/h1-10,13-14H,11-12H2,(H,26,27)/b19-13+. The molecule has 146 valence electrons. The van der Waals surface area contributed by atoms with Crippen molar-refractivity contribution in [1.82, 2.24) is 0 Å². The van der Waals surface area contributed by atoms with Gasteiger partial charge in [-0.3, -0.25) is 4.79 Å². The van der Waals surface area contributed by atoms with Crippen molar-refractivity contribution in [2.24, 2.45) is 0 Å². The van der Waals surface area contributed by atoms with Gasteiger partial charge in [0.05, 0.1) is 10.7 Å². The molecule has 6 heteroatoms. The van der Waals surface area contributed by atoms with E-state index in [1.165, 1.54) is 0 Å². The summed E-state index contributed by atoms with van der Waals surface area (Å²) in [4.78, 5) is 12.3. The third-order valence-corrected chi connectivity index (χ3v) is 4.95. The molecule has 0 aromatic heterocycles. The van der Waals surface area contributed by atoms with Crippen molar-refractivity contribution >= 4 is 46.4 Å². The van der Waals surface area contributed by atoms with E-state index < -0.39 is 0 Å². The summed E-state index contributed by atoms with van der Waals surface area (Å²) in [6, 6.07) is 20.2. The van der Waals surface area contributed by atoms with E-state index in [0.29, 0.717) is 34.6 Å². The maximum Gasteiger partial charge on any atom is 0.256 e. The van der Waals surface area contributed by atoms with Crippen molar-refractivity contribution in [2.75, 3.05) is 18.5 Å². The van der Waals surface area contributed by atoms with E-state index in [1.54, 1.807) is 18.2 Å². The second kappa shape index (κ2) is 8.60. The van der Waals surface area contributed by atoms with E-state index in [0.717, 1.165) is 22.6 Å². The number of nitrogens with one attached hydrogen (secondary N) is 1. The second-order valence-electron chi connectivity index (χ2n) is 6.40. The van der Waals surface area contributed by atoms with E-state index >= 15 is 0 Å². The summed E-state index contributed by atoms with van der Waals surface area (Å²) in [6.07, 6.45) is 1.85. The highest BCUT2D eigenvalue weighted by Crippen LogP contribution is 2.35. The molecule has 29 heavy (non-hydrogen) atoms. The number of carbonyl (C=O) groups excluding carboxylic acids is 1. The molecule has 1 amide bonds. The molecule has 3 aromatic carbocycles. The van der Waals surface area contributed by atoms with Crippen LogP contribution in [0.1, 0.15) is 11.1 Å². The molecule has 4 nitrogen and oxygen atoms in total. The van der Waals surface area contributed by atoms with Gasteiger partial charge in [0.15, 0.2) is 0 Å². The van der Waals surface area contributed by atoms with Gasteiger partial charge in [-0.2, -0.15) is 0 Å². The van der Waals surface area contributed by atoms with Gasteiger partial charge in [-0.05, 0) is 48.0 Å². The van der Waals surface area contributed by atoms with Crippen LogP contribution in [0.2, 0.25) is 10.0 Å². The Hall–Kier alpha value is -2.95. The zero-order valence-electron chi connectivity index (χ0n) is 15.3. The lowest BCUT2D eigenvalue weighted by Crippen LogP contribution is -2.09. The highest BCUT2D eigenvalue weighted by Gasteiger charge is 2.23. The topological polar surface area (TPSA) is 47.6 Å². The van der Waals surface area contributed by atoms with Gasteiger partial charge < -0.3 is 14.8 Å². The van der Waals surface area contributed by atoms with Crippen LogP contribution in [0.15, 0.2) is 66.7 Å². The van der Waals surface area contributed by atoms with E-state index in [2.05, 4.69) is 5.32 Å². The zero-order chi connectivity index (χ0) is 20.2. The smallest absolute Gasteiger partial charge is 0.256 e. The lowest BCUT2D eigenvalue weighted by atomic mass is 10.0. The number of carbonyl (C=O) groups is 1. The quantitative estimate of drug-likeness (QED) is 0.392. The Morgan fingerprint density at radius 3 is 2.45 bits per heavy atom. The van der Waals surface area contributed by atoms with Crippen LogP contribution in [0.3, 0.4) is 0 Å². The maximum atomic E-state index is 12.3. The minimum absolute atomic E-state index is 0.140. The molecule has 1 aliphatic rings. The fourth-order valence-electron chi connectivity index (χ4n) is 3.01. The van der Waals surface area contributed by atoms with Crippen LogP contribution in [-0.2, 0) is 4.79 Å². The largest absolute Gasteiger partial charge is 0.490 e. The predicted octanol–water partition coefficient (Wildman–Crippen LogP) is 5.94. The third-order valence-electron chi connectivity index (χ3n) is 4.40. The van der Waals surface area contributed by atoms with Crippen LogP contribution in [0, 0.1) is 0 Å². The third kappa shape index (κ3) is 4.56. The molecule has 1 aliphatic heterocycles. The van der Waals surface area contributed by atoms with Crippen LogP contribution in [0.25, 0.3) is 11.6 Å². The molecule has 0 atom stereocenters. The Labute approximate surface area is 178 Å². The molecule has 0 bridgehead atoms. The van der Waals surface area contributed by atoms with Gasteiger partial charge >= 0.3 is 0 Å². The van der Waals surface area contributed by atoms with Crippen LogP contribution >= 0.6 is 23.2 Å². The number of fused-ring (bicyclic) bond motifs is 1. The van der Waals surface area contributed by atoms with Crippen molar-refractivity contribution in [3.8, 4) is 11.5 Å². The monoisotopic (exact) mass is 425 g/mol. The van der Waals surface area contributed by atoms with Crippen LogP contribution in [0.5, 0.6) is 11.5 Å². The second-order valence-corrected chi connectivity index (χ2v) is 7.24. The number of hydrogen-bond acceptors (Lipinski definition) is 3. The molecule has 0 saturated carbocycles. The fourth-order valence-corrected chi connectivity index (χ4v) is 3.37. The molecule has 0 saturated heterocycles. The van der Waals surface area contributed by atoms with Crippen LogP contribution in [-0.4, -0.2) is 19.1 Å². The Bertz CT molecular complexity index is 1080. The number of para-hydroxylation sites is 1. The minimum Gasteiger partial charge on any atom is -0.490 e. The molecule has 1 heterocycles. The summed E-state index contributed by atoms with van der Waals surface area (Å²) in [6.45, 7) is 0.775. The Balaban J connectivity index is 1.37. The van der Waals surface area contributed by atoms with E-state index in [4.69, 9.17) is 32.7 Å². The number of rotatable bonds is 6. The summed E-state index contributed by atoms with van der Waals surface area (Å²) in [7, 11) is 0. The van der Waals surface area contributed by atoms with Gasteiger partial charge in [-0.15, -0.1) is 0 Å². The summed E-state index contributed by atoms with van der Waals surface area (Å²) < 4.78 is 11.3. The Kier molecular flexibility index (Phi) is 5.74. The average Bonchev–Trinajstić information content (AvgIpc) is 3.02. The highest BCUT2D eigenvalue weighted by atomic mass is 35.5. The van der Waals surface area contributed by atoms with Crippen LogP contribution in [0.4, 0.5) is 5.69 Å². The molecule has 0 aliphatic carbocycles. The number of hydrogen-bond donors (Lipinski definition) is 1. The first-order chi connectivity index (χ1) is 14.1. The summed E-state index contributed by atoms with van der Waals surface area (Å²) >= 11 is 12.0. The first kappa shape index (κ1) is 19.4. The summed E-state index contributed by atoms with van der Waals surface area (Å²) in [5.74, 6) is 1.22. The first-order valence-electron chi connectivity index (χ1n) is 9.03. The molecular weight excluding hydrogens is 409 g/mol. The molecule has 0 unspecified atom stereocenters. The highest BCUT2D eigenvalue weighted by molar-refractivity contribution is 6.36. The van der Waals surface area contributed by atoms with Crippen molar-refractivity contribution in [3.63, 3.8) is 0 Å². The van der Waals surface area contributed by atoms with Gasteiger partial charge in [-0.1, -0.05) is 53.5 Å². The molecule has 4 rings (SSSR count). The van der Waals surface area contributed by atoms with Gasteiger partial charge in [0.25, 0.3) is 5.91 Å². The fraction of sp³-hybridized carbons (Fsp3) is 0.0870. The number of benzene rings is 3. The molecule has 0 fully saturated rings. The van der Waals surface area contributed by atoms with Crippen LogP contribution < -0.4 is 14.8 Å². The normalized spacial score (nSPS) is 13.9. The number of amides is 1. The van der Waals surface area contributed by atoms with Gasteiger partial charge in [0.2, 0.25) is 0 Å². The van der Waals surface area contributed by atoms with Gasteiger partial charge in [-0.25, -0.2) is 0 Å². The molecular formula is C23H17Cl2NO3. The van der Waals surface area contributed by atoms with Crippen molar-refractivity contribution in [3.05, 3.63) is 87.9 Å². The summed E-state index contributed by atoms with van der Waals surface area (Å²) in [5.41, 5.74) is 3.08. The first-order valence-corrected chi connectivity index (χ1v) is 9.79. The minimum atomic E-state index is -0.140. The Morgan fingerprint density at radius 1 is 0.897 bits per heavy atom. The molecule has 3 aromatic rings. The maximum absolute atomic E-state index is 12.3. The van der Waals surface area contributed by atoms with E-state index in [-0.39, 0.29) is 5.91 Å². The summed E-state index contributed by atoms with van der Waals surface area (Å²) in [5, 5.41) is 3.99. The Morgan fingerprint density at radius 2 is 1.66 bits per heavy atom. The van der Waals surface area contributed by atoms with Gasteiger partial charge in [0.1, 0.15) is 24.7 Å². The van der Waals surface area contributed by atoms with Crippen molar-refractivity contribution < 1.29 is 14.3 Å². The van der Waals surface area contributed by atoms with Gasteiger partial charge in [0, 0.05) is 16.2 Å². The van der Waals surface area contributed by atoms with Crippen molar-refractivity contribution in [1.29, 1.82) is 0 Å². The molecule has 1 N–H and O–H groups in total. The predicted molar refractivity (Wildman–Crippen MR) is 117 cm³/mol. The number of anilines is 1. The van der Waals surface area contributed by atoms with Crippen molar-refractivity contribution in [2.45, 2.75) is 0 Å². The molecule has 0 radical (unpaired) electrons. The zero-order valence-corrected chi connectivity index (χ0v) is 16.8. The van der Waals surface area contributed by atoms with E-state index in [1.807, 2.05) is 54.6 Å². The number of ether oxygens (including phenoxy) is 2. The molecule has 0 spiro atoms. The van der Waals surface area contributed by atoms with E-state index in [9.17, 15) is 4.79 Å². The lowest BCUT2D eigenvalue weighted by molar-refractivity contribution is -0.110. The average molecular weight is 426 g/mol. The lowest BCUT2D eigenvalue weighted by Gasteiger charge is -2.09.